The molecule has 1 aromatic heterocycles. The molecule has 0 aromatic carbocycles. The summed E-state index contributed by atoms with van der Waals surface area (Å²) in [5, 5.41) is 13.3. The van der Waals surface area contributed by atoms with Crippen molar-refractivity contribution >= 4 is 39.8 Å². The van der Waals surface area contributed by atoms with Gasteiger partial charge in [0.25, 0.3) is 5.91 Å². The van der Waals surface area contributed by atoms with Crippen LogP contribution in [0.15, 0.2) is 11.4 Å². The molecule has 80 valence electrons. The van der Waals surface area contributed by atoms with Crippen molar-refractivity contribution in [3.05, 3.63) is 19.9 Å². The second kappa shape index (κ2) is 6.08. The largest absolute Gasteiger partial charge is 0.336 e. The van der Waals surface area contributed by atoms with E-state index in [0.29, 0.717) is 12.0 Å². The van der Waals surface area contributed by atoms with E-state index in [2.05, 4.69) is 34.0 Å². The second-order valence-electron chi connectivity index (χ2n) is 3.08. The lowest BCUT2D eigenvalue weighted by Crippen LogP contribution is -2.33. The molecule has 0 aliphatic rings. The Morgan fingerprint density at radius 2 is 2.53 bits per heavy atom. The lowest BCUT2D eigenvalue weighted by molar-refractivity contribution is 0.0944. The maximum atomic E-state index is 11.6. The molecule has 15 heavy (non-hydrogen) atoms. The van der Waals surface area contributed by atoms with Crippen LogP contribution in [0.5, 0.6) is 0 Å². The summed E-state index contributed by atoms with van der Waals surface area (Å²) >= 11 is 3.69. The van der Waals surface area contributed by atoms with Gasteiger partial charge in [-0.1, -0.05) is 13.3 Å². The van der Waals surface area contributed by atoms with Crippen LogP contribution in [0.25, 0.3) is 0 Å². The fourth-order valence-electron chi connectivity index (χ4n) is 1.13. The van der Waals surface area contributed by atoms with Gasteiger partial charge in [-0.25, -0.2) is 0 Å². The quantitative estimate of drug-likeness (QED) is 0.861. The van der Waals surface area contributed by atoms with Gasteiger partial charge in [-0.05, 0) is 35.1 Å². The third-order valence-corrected chi connectivity index (χ3v) is 3.66. The van der Waals surface area contributed by atoms with Crippen molar-refractivity contribution < 1.29 is 4.79 Å². The molecule has 0 spiro atoms. The normalized spacial score (nSPS) is 11.8. The molecule has 5 heteroatoms. The van der Waals surface area contributed by atoms with Gasteiger partial charge in [-0.15, -0.1) is 11.3 Å². The summed E-state index contributed by atoms with van der Waals surface area (Å²) in [6.07, 6.45) is 1.59. The first kappa shape index (κ1) is 12.5. The molecule has 1 atom stereocenters. The molecule has 0 aliphatic carbocycles. The fraction of sp³-hybridized carbons (Fsp3) is 0.400. The Balaban J connectivity index is 2.59. The van der Waals surface area contributed by atoms with Crippen molar-refractivity contribution in [2.24, 2.45) is 0 Å². The highest BCUT2D eigenvalue weighted by Crippen LogP contribution is 2.16. The third kappa shape index (κ3) is 3.80. The summed E-state index contributed by atoms with van der Waals surface area (Å²) in [4.78, 5) is 11.6. The Bertz CT molecular complexity index is 383. The van der Waals surface area contributed by atoms with E-state index in [1.807, 2.05) is 13.0 Å². The predicted molar refractivity (Wildman–Crippen MR) is 68.8 cm³/mol. The molecular formula is C10H11IN2OS. The minimum Gasteiger partial charge on any atom is -0.336 e. The average molecular weight is 334 g/mol. The Morgan fingerprint density at radius 3 is 3.00 bits per heavy atom. The van der Waals surface area contributed by atoms with E-state index in [4.69, 9.17) is 5.26 Å². The first-order valence-corrected chi connectivity index (χ1v) is 6.57. The number of hydrogen-bond acceptors (Lipinski definition) is 3. The topological polar surface area (TPSA) is 52.9 Å². The Kier molecular flexibility index (Phi) is 5.05. The van der Waals surface area contributed by atoms with Crippen LogP contribution in [-0.4, -0.2) is 11.9 Å². The average Bonchev–Trinajstić information content (AvgIpc) is 2.64. The highest BCUT2D eigenvalue weighted by atomic mass is 127. The first-order valence-electron chi connectivity index (χ1n) is 4.62. The number of thiophene rings is 1. The summed E-state index contributed by atoms with van der Waals surface area (Å²) in [6, 6.07) is 3.53. The number of hydrogen-bond donors (Lipinski definition) is 1. The van der Waals surface area contributed by atoms with Gasteiger partial charge in [0.05, 0.1) is 14.5 Å². The molecule has 0 saturated carbocycles. The van der Waals surface area contributed by atoms with E-state index in [9.17, 15) is 4.79 Å². The highest BCUT2D eigenvalue weighted by Gasteiger charge is 2.13. The van der Waals surface area contributed by atoms with Crippen molar-refractivity contribution in [3.63, 3.8) is 0 Å². The molecule has 0 fully saturated rings. The highest BCUT2D eigenvalue weighted by molar-refractivity contribution is 14.1. The van der Waals surface area contributed by atoms with Crippen molar-refractivity contribution in [2.75, 3.05) is 0 Å². The summed E-state index contributed by atoms with van der Waals surface area (Å²) in [6.45, 7) is 1.99. The van der Waals surface area contributed by atoms with Crippen LogP contribution >= 0.6 is 33.9 Å². The zero-order chi connectivity index (χ0) is 11.3. The number of carbonyl (C=O) groups is 1. The summed E-state index contributed by atoms with van der Waals surface area (Å²) < 4.78 is 1.07. The molecule has 0 saturated heterocycles. The van der Waals surface area contributed by atoms with Gasteiger partial charge < -0.3 is 5.32 Å². The van der Waals surface area contributed by atoms with Gasteiger partial charge in [0.15, 0.2) is 0 Å². The van der Waals surface area contributed by atoms with Crippen molar-refractivity contribution in [3.8, 4) is 6.07 Å². The summed E-state index contributed by atoms with van der Waals surface area (Å²) in [5.74, 6) is -0.158. The van der Waals surface area contributed by atoms with Gasteiger partial charge in [0, 0.05) is 5.38 Å². The van der Waals surface area contributed by atoms with Crippen molar-refractivity contribution in [2.45, 2.75) is 25.8 Å². The van der Waals surface area contributed by atoms with E-state index in [1.165, 1.54) is 11.3 Å². The van der Waals surface area contributed by atoms with E-state index >= 15 is 0 Å². The van der Waals surface area contributed by atoms with E-state index < -0.39 is 0 Å². The lowest BCUT2D eigenvalue weighted by Gasteiger charge is -2.08. The van der Waals surface area contributed by atoms with Crippen LogP contribution in [0, 0.1) is 14.2 Å². The minimum atomic E-state index is -0.375. The number of nitriles is 1. The molecule has 0 bridgehead atoms. The van der Waals surface area contributed by atoms with Crippen LogP contribution in [0.1, 0.15) is 30.1 Å². The van der Waals surface area contributed by atoms with Crippen LogP contribution < -0.4 is 5.32 Å². The molecule has 0 radical (unpaired) electrons. The zero-order valence-corrected chi connectivity index (χ0v) is 11.3. The predicted octanol–water partition coefficient (Wildman–Crippen LogP) is 2.77. The monoisotopic (exact) mass is 334 g/mol. The standard InChI is InChI=1S/C10H11IN2OS/c1-2-3-8(5-12)13-10(14)7-4-9(11)15-6-7/h4,6,8H,2-3H2,1H3,(H,13,14). The first-order chi connectivity index (χ1) is 7.17. The summed E-state index contributed by atoms with van der Waals surface area (Å²) in [7, 11) is 0. The molecular weight excluding hydrogens is 323 g/mol. The number of nitrogens with one attached hydrogen (secondary N) is 1. The molecule has 1 heterocycles. The van der Waals surface area contributed by atoms with Crippen LogP contribution in [0.4, 0.5) is 0 Å². The van der Waals surface area contributed by atoms with Gasteiger partial charge in [0.2, 0.25) is 0 Å². The molecule has 3 nitrogen and oxygen atoms in total. The van der Waals surface area contributed by atoms with Crippen molar-refractivity contribution in [1.29, 1.82) is 5.26 Å². The van der Waals surface area contributed by atoms with Gasteiger partial charge in [-0.3, -0.25) is 4.79 Å². The van der Waals surface area contributed by atoms with Crippen LogP contribution in [0.2, 0.25) is 0 Å². The van der Waals surface area contributed by atoms with E-state index in [1.54, 1.807) is 5.38 Å². The second-order valence-corrected chi connectivity index (χ2v) is 5.89. The number of amides is 1. The smallest absolute Gasteiger partial charge is 0.253 e. The van der Waals surface area contributed by atoms with Crippen LogP contribution in [-0.2, 0) is 0 Å². The number of nitrogens with zero attached hydrogens (tertiary/aromatic N) is 1. The summed E-state index contributed by atoms with van der Waals surface area (Å²) in [5.41, 5.74) is 0.640. The van der Waals surface area contributed by atoms with Gasteiger partial charge >= 0.3 is 0 Å². The number of halogens is 1. The van der Waals surface area contributed by atoms with Gasteiger partial charge in [-0.2, -0.15) is 5.26 Å². The Hall–Kier alpha value is -0.610. The maximum Gasteiger partial charge on any atom is 0.253 e. The molecule has 1 aromatic rings. The maximum absolute atomic E-state index is 11.6. The SMILES string of the molecule is CCCC(C#N)NC(=O)c1csc(I)c1. The van der Waals surface area contributed by atoms with Crippen LogP contribution in [0.3, 0.4) is 0 Å². The zero-order valence-electron chi connectivity index (χ0n) is 8.29. The van der Waals surface area contributed by atoms with Crippen molar-refractivity contribution in [1.82, 2.24) is 5.32 Å². The number of rotatable bonds is 4. The third-order valence-electron chi connectivity index (χ3n) is 1.87. The minimum absolute atomic E-state index is 0.158. The molecule has 1 rings (SSSR count). The molecule has 0 aliphatic heterocycles. The van der Waals surface area contributed by atoms with E-state index in [0.717, 1.165) is 9.30 Å². The number of carbonyl (C=O) groups excluding carboxylic acids is 1. The molecule has 1 unspecified atom stereocenters. The Labute approximate surface area is 107 Å². The molecule has 1 N–H and O–H groups in total. The fourth-order valence-corrected chi connectivity index (χ4v) is 2.45. The molecule has 1 amide bonds. The van der Waals surface area contributed by atoms with Gasteiger partial charge in [0.1, 0.15) is 6.04 Å². The lowest BCUT2D eigenvalue weighted by atomic mass is 10.2. The van der Waals surface area contributed by atoms with E-state index in [-0.39, 0.29) is 11.9 Å². The Morgan fingerprint density at radius 1 is 1.80 bits per heavy atom.